The lowest BCUT2D eigenvalue weighted by Gasteiger charge is -2.18. The molecule has 0 aromatic heterocycles. The average molecular weight is 270 g/mol. The van der Waals surface area contributed by atoms with Gasteiger partial charge in [-0.3, -0.25) is 4.79 Å². The SMILES string of the molecule is CCC[C@H](C)NC(=O)[C@@H](C)Oc1cccc(Cl)c1. The monoisotopic (exact) mass is 269 g/mol. The van der Waals surface area contributed by atoms with Gasteiger partial charge < -0.3 is 10.1 Å². The highest BCUT2D eigenvalue weighted by Crippen LogP contribution is 2.18. The van der Waals surface area contributed by atoms with E-state index in [0.717, 1.165) is 12.8 Å². The van der Waals surface area contributed by atoms with E-state index in [9.17, 15) is 4.79 Å². The largest absolute Gasteiger partial charge is 0.481 e. The molecule has 0 saturated heterocycles. The van der Waals surface area contributed by atoms with E-state index in [0.29, 0.717) is 10.8 Å². The van der Waals surface area contributed by atoms with Crippen LogP contribution in [-0.2, 0) is 4.79 Å². The van der Waals surface area contributed by atoms with E-state index in [1.54, 1.807) is 31.2 Å². The van der Waals surface area contributed by atoms with Crippen LogP contribution in [0.3, 0.4) is 0 Å². The quantitative estimate of drug-likeness (QED) is 0.859. The van der Waals surface area contributed by atoms with Gasteiger partial charge >= 0.3 is 0 Å². The lowest BCUT2D eigenvalue weighted by atomic mass is 10.2. The van der Waals surface area contributed by atoms with Gasteiger partial charge in [-0.15, -0.1) is 0 Å². The molecule has 0 heterocycles. The summed E-state index contributed by atoms with van der Waals surface area (Å²) in [6.45, 7) is 5.82. The molecule has 1 aromatic rings. The second-order valence-electron chi connectivity index (χ2n) is 4.42. The molecule has 1 aromatic carbocycles. The van der Waals surface area contributed by atoms with Crippen molar-refractivity contribution in [2.45, 2.75) is 45.8 Å². The molecule has 0 spiro atoms. The van der Waals surface area contributed by atoms with Gasteiger partial charge in [-0.05, 0) is 38.5 Å². The van der Waals surface area contributed by atoms with Gasteiger partial charge in [-0.1, -0.05) is 31.0 Å². The van der Waals surface area contributed by atoms with E-state index in [2.05, 4.69) is 12.2 Å². The second-order valence-corrected chi connectivity index (χ2v) is 4.85. The van der Waals surface area contributed by atoms with Crippen molar-refractivity contribution >= 4 is 17.5 Å². The molecule has 1 N–H and O–H groups in total. The van der Waals surface area contributed by atoms with Gasteiger partial charge in [0.15, 0.2) is 6.10 Å². The zero-order chi connectivity index (χ0) is 13.5. The third-order valence-corrected chi connectivity index (χ3v) is 2.82. The highest BCUT2D eigenvalue weighted by Gasteiger charge is 2.16. The first-order valence-corrected chi connectivity index (χ1v) is 6.63. The van der Waals surface area contributed by atoms with E-state index in [4.69, 9.17) is 16.3 Å². The van der Waals surface area contributed by atoms with Crippen LogP contribution < -0.4 is 10.1 Å². The first-order valence-electron chi connectivity index (χ1n) is 6.25. The minimum absolute atomic E-state index is 0.101. The molecular formula is C14H20ClNO2. The van der Waals surface area contributed by atoms with E-state index in [1.165, 1.54) is 0 Å². The maximum atomic E-state index is 11.8. The van der Waals surface area contributed by atoms with Crippen LogP contribution in [0.15, 0.2) is 24.3 Å². The molecule has 4 heteroatoms. The van der Waals surface area contributed by atoms with Crippen LogP contribution in [0.1, 0.15) is 33.6 Å². The predicted octanol–water partition coefficient (Wildman–Crippen LogP) is 3.41. The number of ether oxygens (including phenoxy) is 1. The molecule has 0 aliphatic carbocycles. The van der Waals surface area contributed by atoms with Gasteiger partial charge in [0.05, 0.1) is 0 Å². The number of carbonyl (C=O) groups excluding carboxylic acids is 1. The van der Waals surface area contributed by atoms with Crippen molar-refractivity contribution < 1.29 is 9.53 Å². The topological polar surface area (TPSA) is 38.3 Å². The molecule has 0 fully saturated rings. The molecule has 0 aliphatic heterocycles. The van der Waals surface area contributed by atoms with E-state index in [1.807, 2.05) is 6.92 Å². The lowest BCUT2D eigenvalue weighted by Crippen LogP contribution is -2.41. The first kappa shape index (κ1) is 14.8. The molecule has 0 radical (unpaired) electrons. The number of rotatable bonds is 6. The fourth-order valence-corrected chi connectivity index (χ4v) is 1.84. The highest BCUT2D eigenvalue weighted by atomic mass is 35.5. The zero-order valence-electron chi connectivity index (χ0n) is 11.1. The molecule has 3 nitrogen and oxygen atoms in total. The molecule has 2 atom stereocenters. The van der Waals surface area contributed by atoms with Crippen LogP contribution >= 0.6 is 11.6 Å². The molecule has 0 unspecified atom stereocenters. The molecule has 0 aliphatic rings. The standard InChI is InChI=1S/C14H20ClNO2/c1-4-6-10(2)16-14(17)11(3)18-13-8-5-7-12(15)9-13/h5,7-11H,4,6H2,1-3H3,(H,16,17)/t10-,11+/m0/s1. The van der Waals surface area contributed by atoms with Gasteiger partial charge in [0.2, 0.25) is 0 Å². The minimum atomic E-state index is -0.525. The molecule has 1 amide bonds. The zero-order valence-corrected chi connectivity index (χ0v) is 11.8. The number of hydrogen-bond acceptors (Lipinski definition) is 2. The number of benzene rings is 1. The summed E-state index contributed by atoms with van der Waals surface area (Å²) in [6.07, 6.45) is 1.49. The van der Waals surface area contributed by atoms with Gasteiger partial charge in [0.25, 0.3) is 5.91 Å². The van der Waals surface area contributed by atoms with E-state index in [-0.39, 0.29) is 11.9 Å². The third kappa shape index (κ3) is 4.96. The summed E-state index contributed by atoms with van der Waals surface area (Å²) in [7, 11) is 0. The van der Waals surface area contributed by atoms with E-state index < -0.39 is 6.10 Å². The van der Waals surface area contributed by atoms with Crippen LogP contribution in [0.4, 0.5) is 0 Å². The van der Waals surface area contributed by atoms with Crippen molar-refractivity contribution in [3.63, 3.8) is 0 Å². The Morgan fingerprint density at radius 3 is 2.78 bits per heavy atom. The van der Waals surface area contributed by atoms with Crippen LogP contribution in [0, 0.1) is 0 Å². The summed E-state index contributed by atoms with van der Waals surface area (Å²) in [6, 6.07) is 7.21. The number of halogens is 1. The Balaban J connectivity index is 2.49. The van der Waals surface area contributed by atoms with Gasteiger partial charge in [-0.2, -0.15) is 0 Å². The van der Waals surface area contributed by atoms with Crippen molar-refractivity contribution in [3.8, 4) is 5.75 Å². The summed E-state index contributed by atoms with van der Waals surface area (Å²) in [5.74, 6) is 0.504. The molecule has 0 saturated carbocycles. The number of nitrogens with one attached hydrogen (secondary N) is 1. The second kappa shape index (κ2) is 7.27. The minimum Gasteiger partial charge on any atom is -0.481 e. The van der Waals surface area contributed by atoms with E-state index >= 15 is 0 Å². The average Bonchev–Trinajstić information content (AvgIpc) is 2.29. The summed E-state index contributed by atoms with van der Waals surface area (Å²) < 4.78 is 5.54. The predicted molar refractivity (Wildman–Crippen MR) is 74.1 cm³/mol. The van der Waals surface area contributed by atoms with Crippen LogP contribution in [0.25, 0.3) is 0 Å². The van der Waals surface area contributed by atoms with Crippen molar-refractivity contribution in [1.82, 2.24) is 5.32 Å². The summed E-state index contributed by atoms with van der Waals surface area (Å²) >= 11 is 5.85. The molecule has 0 bridgehead atoms. The van der Waals surface area contributed by atoms with Crippen LogP contribution in [0.5, 0.6) is 5.75 Å². The highest BCUT2D eigenvalue weighted by molar-refractivity contribution is 6.30. The molecule has 100 valence electrons. The number of carbonyl (C=O) groups is 1. The Labute approximate surface area is 113 Å². The van der Waals surface area contributed by atoms with Gasteiger partial charge in [0, 0.05) is 11.1 Å². The fourth-order valence-electron chi connectivity index (χ4n) is 1.66. The number of hydrogen-bond donors (Lipinski definition) is 1. The smallest absolute Gasteiger partial charge is 0.260 e. The van der Waals surface area contributed by atoms with Crippen LogP contribution in [0.2, 0.25) is 5.02 Å². The Hall–Kier alpha value is -1.22. The number of amides is 1. The Kier molecular flexibility index (Phi) is 5.99. The molecule has 18 heavy (non-hydrogen) atoms. The normalized spacial score (nSPS) is 13.8. The Morgan fingerprint density at radius 1 is 1.44 bits per heavy atom. The van der Waals surface area contributed by atoms with Gasteiger partial charge in [0.1, 0.15) is 5.75 Å². The van der Waals surface area contributed by atoms with Gasteiger partial charge in [-0.25, -0.2) is 0 Å². The summed E-state index contributed by atoms with van der Waals surface area (Å²) in [5, 5.41) is 3.52. The Bertz CT molecular complexity index is 395. The molecular weight excluding hydrogens is 250 g/mol. The Morgan fingerprint density at radius 2 is 2.17 bits per heavy atom. The van der Waals surface area contributed by atoms with Crippen molar-refractivity contribution in [2.24, 2.45) is 0 Å². The van der Waals surface area contributed by atoms with Crippen molar-refractivity contribution in [1.29, 1.82) is 0 Å². The van der Waals surface area contributed by atoms with Crippen LogP contribution in [-0.4, -0.2) is 18.1 Å². The third-order valence-electron chi connectivity index (χ3n) is 2.59. The molecule has 1 rings (SSSR count). The maximum Gasteiger partial charge on any atom is 0.260 e. The lowest BCUT2D eigenvalue weighted by molar-refractivity contribution is -0.127. The fraction of sp³-hybridized carbons (Fsp3) is 0.500. The first-order chi connectivity index (χ1) is 8.52. The van der Waals surface area contributed by atoms with Crippen molar-refractivity contribution in [3.05, 3.63) is 29.3 Å². The summed E-state index contributed by atoms with van der Waals surface area (Å²) in [4.78, 5) is 11.8. The summed E-state index contributed by atoms with van der Waals surface area (Å²) in [5.41, 5.74) is 0. The van der Waals surface area contributed by atoms with Crippen molar-refractivity contribution in [2.75, 3.05) is 0 Å². The maximum absolute atomic E-state index is 11.8.